The summed E-state index contributed by atoms with van der Waals surface area (Å²) in [7, 11) is 1.43. The number of carbonyl (C=O) groups is 2. The molecule has 6 nitrogen and oxygen atoms in total. The maximum Gasteiger partial charge on any atom is 0.410 e. The van der Waals surface area contributed by atoms with E-state index in [0.29, 0.717) is 12.5 Å². The van der Waals surface area contributed by atoms with Gasteiger partial charge in [-0.2, -0.15) is 0 Å². The molecule has 1 aliphatic carbocycles. The minimum Gasteiger partial charge on any atom is -0.469 e. The summed E-state index contributed by atoms with van der Waals surface area (Å²) >= 11 is 0. The van der Waals surface area contributed by atoms with Crippen LogP contribution in [-0.2, 0) is 14.3 Å². The van der Waals surface area contributed by atoms with E-state index in [1.807, 2.05) is 25.7 Å². The highest BCUT2D eigenvalue weighted by Crippen LogP contribution is 2.72. The number of hydrogen-bond acceptors (Lipinski definition) is 5. The van der Waals surface area contributed by atoms with Gasteiger partial charge in [0.1, 0.15) is 5.60 Å². The van der Waals surface area contributed by atoms with E-state index in [0.717, 1.165) is 25.7 Å². The van der Waals surface area contributed by atoms with E-state index in [9.17, 15) is 9.59 Å². The molecule has 2 aliphatic heterocycles. The summed E-state index contributed by atoms with van der Waals surface area (Å²) in [6.45, 7) is 8.17. The van der Waals surface area contributed by atoms with Crippen molar-refractivity contribution in [2.45, 2.75) is 71.1 Å². The molecule has 3 rings (SSSR count). The second kappa shape index (κ2) is 5.35. The van der Waals surface area contributed by atoms with Crippen molar-refractivity contribution in [3.63, 3.8) is 0 Å². The molecule has 0 aromatic heterocycles. The number of carbonyl (C=O) groups excluding carboxylic acids is 2. The molecule has 2 bridgehead atoms. The SMILES string of the molecule is COC(=O)[C@]1(CN)C[C@@]12C[C@H]1C[C@@H](C)[C@@H](C2)N1C(=O)OC(C)(C)C. The quantitative estimate of drug-likeness (QED) is 0.781. The van der Waals surface area contributed by atoms with Gasteiger partial charge in [0.2, 0.25) is 0 Å². The molecule has 0 radical (unpaired) electrons. The highest BCUT2D eigenvalue weighted by Gasteiger charge is 2.75. The minimum absolute atomic E-state index is 0.104. The molecule has 24 heavy (non-hydrogen) atoms. The molecule has 2 N–H and O–H groups in total. The number of rotatable bonds is 2. The number of methoxy groups -OCH3 is 1. The number of nitrogens with zero attached hydrogens (tertiary/aromatic N) is 1. The number of amides is 1. The predicted octanol–water partition coefficient (Wildman–Crippen LogP) is 2.30. The lowest BCUT2D eigenvalue weighted by Crippen LogP contribution is -2.51. The predicted molar refractivity (Wildman–Crippen MR) is 89.2 cm³/mol. The lowest BCUT2D eigenvalue weighted by atomic mass is 9.79. The first-order valence-corrected chi connectivity index (χ1v) is 8.89. The van der Waals surface area contributed by atoms with Gasteiger partial charge in [-0.25, -0.2) is 4.79 Å². The second-order valence-electron chi connectivity index (χ2n) is 8.96. The van der Waals surface area contributed by atoms with Crippen molar-refractivity contribution in [2.24, 2.45) is 22.5 Å². The Balaban J connectivity index is 1.81. The molecule has 3 fully saturated rings. The fourth-order valence-corrected chi connectivity index (χ4v) is 5.18. The molecule has 0 unspecified atom stereocenters. The Hall–Kier alpha value is -1.30. The topological polar surface area (TPSA) is 81.9 Å². The normalized spacial score (nSPS) is 40.6. The number of esters is 1. The van der Waals surface area contributed by atoms with Gasteiger partial charge in [0.25, 0.3) is 0 Å². The van der Waals surface area contributed by atoms with Gasteiger partial charge in [-0.1, -0.05) is 6.92 Å². The molecule has 2 saturated heterocycles. The molecule has 0 aromatic rings. The first-order valence-electron chi connectivity index (χ1n) is 8.89. The third-order valence-corrected chi connectivity index (χ3v) is 6.34. The first-order chi connectivity index (χ1) is 11.1. The monoisotopic (exact) mass is 338 g/mol. The van der Waals surface area contributed by atoms with Crippen molar-refractivity contribution in [1.82, 2.24) is 4.90 Å². The Morgan fingerprint density at radius 2 is 1.96 bits per heavy atom. The van der Waals surface area contributed by atoms with Crippen LogP contribution in [0, 0.1) is 16.7 Å². The van der Waals surface area contributed by atoms with Gasteiger partial charge in [-0.15, -0.1) is 0 Å². The zero-order chi connectivity index (χ0) is 17.9. The fraction of sp³-hybridized carbons (Fsp3) is 0.889. The van der Waals surface area contributed by atoms with Crippen molar-refractivity contribution in [3.05, 3.63) is 0 Å². The maximum atomic E-state index is 12.7. The fourth-order valence-electron chi connectivity index (χ4n) is 5.18. The van der Waals surface area contributed by atoms with Crippen LogP contribution in [0.25, 0.3) is 0 Å². The number of piperidine rings is 1. The highest BCUT2D eigenvalue weighted by atomic mass is 16.6. The van der Waals surface area contributed by atoms with Crippen molar-refractivity contribution in [1.29, 1.82) is 0 Å². The van der Waals surface area contributed by atoms with E-state index in [-0.39, 0.29) is 29.6 Å². The zero-order valence-corrected chi connectivity index (χ0v) is 15.4. The zero-order valence-electron chi connectivity index (χ0n) is 15.4. The van der Waals surface area contributed by atoms with E-state index >= 15 is 0 Å². The van der Waals surface area contributed by atoms with Crippen LogP contribution in [-0.4, -0.2) is 48.3 Å². The van der Waals surface area contributed by atoms with Gasteiger partial charge in [0, 0.05) is 18.6 Å². The van der Waals surface area contributed by atoms with E-state index in [1.165, 1.54) is 7.11 Å². The molecule has 0 aromatic carbocycles. The van der Waals surface area contributed by atoms with Crippen LogP contribution in [0.3, 0.4) is 0 Å². The van der Waals surface area contributed by atoms with Gasteiger partial charge in [-0.3, -0.25) is 4.79 Å². The summed E-state index contributed by atoms with van der Waals surface area (Å²) < 4.78 is 10.6. The van der Waals surface area contributed by atoms with Gasteiger partial charge >= 0.3 is 12.1 Å². The third-order valence-electron chi connectivity index (χ3n) is 6.34. The van der Waals surface area contributed by atoms with Crippen molar-refractivity contribution >= 4 is 12.1 Å². The number of hydrogen-bond donors (Lipinski definition) is 1. The summed E-state index contributed by atoms with van der Waals surface area (Å²) in [5.74, 6) is 0.221. The van der Waals surface area contributed by atoms with Crippen molar-refractivity contribution < 1.29 is 19.1 Å². The number of fused-ring (bicyclic) bond motifs is 2. The van der Waals surface area contributed by atoms with Gasteiger partial charge in [0.15, 0.2) is 0 Å². The van der Waals surface area contributed by atoms with Crippen LogP contribution in [0.15, 0.2) is 0 Å². The van der Waals surface area contributed by atoms with E-state index < -0.39 is 11.0 Å². The Morgan fingerprint density at radius 1 is 1.29 bits per heavy atom. The smallest absolute Gasteiger partial charge is 0.410 e. The molecule has 1 spiro atoms. The number of nitrogens with two attached hydrogens (primary N) is 1. The standard InChI is InChI=1S/C18H30N2O4/c1-11-6-12-7-17(9-18(17,10-19)14(21)23-5)8-13(11)20(12)15(22)24-16(2,3)4/h11-13H,6-10,19H2,1-5H3/t11-,12-,13-,17+,18-/m1/s1. The maximum absolute atomic E-state index is 12.7. The summed E-state index contributed by atoms with van der Waals surface area (Å²) in [5.41, 5.74) is 4.81. The lowest BCUT2D eigenvalue weighted by Gasteiger charge is -2.42. The van der Waals surface area contributed by atoms with E-state index in [1.54, 1.807) is 0 Å². The summed E-state index contributed by atoms with van der Waals surface area (Å²) in [6, 6.07) is 0.253. The molecule has 5 atom stereocenters. The Morgan fingerprint density at radius 3 is 2.46 bits per heavy atom. The van der Waals surface area contributed by atoms with Crippen LogP contribution in [0.4, 0.5) is 4.79 Å². The lowest BCUT2D eigenvalue weighted by molar-refractivity contribution is -0.149. The first kappa shape index (κ1) is 17.5. The van der Waals surface area contributed by atoms with Crippen LogP contribution in [0.2, 0.25) is 0 Å². The molecular formula is C18H30N2O4. The average Bonchev–Trinajstić information content (AvgIpc) is 3.04. The molecule has 1 saturated carbocycles. The summed E-state index contributed by atoms with van der Waals surface area (Å²) in [4.78, 5) is 26.9. The molecular weight excluding hydrogens is 308 g/mol. The Bertz CT molecular complexity index is 558. The molecule has 6 heteroatoms. The van der Waals surface area contributed by atoms with Crippen LogP contribution in [0.1, 0.15) is 53.4 Å². The summed E-state index contributed by atoms with van der Waals surface area (Å²) in [5, 5.41) is 0. The molecule has 2 heterocycles. The third kappa shape index (κ3) is 2.41. The van der Waals surface area contributed by atoms with Gasteiger partial charge in [0.05, 0.1) is 12.5 Å². The molecule has 1 amide bonds. The van der Waals surface area contributed by atoms with Gasteiger partial charge < -0.3 is 20.1 Å². The second-order valence-corrected chi connectivity index (χ2v) is 8.96. The summed E-state index contributed by atoms with van der Waals surface area (Å²) in [6.07, 6.45) is 3.16. The minimum atomic E-state index is -0.553. The number of ether oxygens (including phenoxy) is 2. The Labute approximate surface area is 144 Å². The van der Waals surface area contributed by atoms with Crippen LogP contribution < -0.4 is 5.73 Å². The largest absolute Gasteiger partial charge is 0.469 e. The van der Waals surface area contributed by atoms with Crippen molar-refractivity contribution in [2.75, 3.05) is 13.7 Å². The van der Waals surface area contributed by atoms with Gasteiger partial charge in [-0.05, 0) is 57.8 Å². The van der Waals surface area contributed by atoms with E-state index in [4.69, 9.17) is 15.2 Å². The van der Waals surface area contributed by atoms with Crippen LogP contribution >= 0.6 is 0 Å². The molecule has 3 aliphatic rings. The molecule has 136 valence electrons. The Kier molecular flexibility index (Phi) is 3.90. The highest BCUT2D eigenvalue weighted by molar-refractivity contribution is 5.82. The van der Waals surface area contributed by atoms with E-state index in [2.05, 4.69) is 6.92 Å². The van der Waals surface area contributed by atoms with Crippen molar-refractivity contribution in [3.8, 4) is 0 Å². The average molecular weight is 338 g/mol. The van der Waals surface area contributed by atoms with Crippen LogP contribution in [0.5, 0.6) is 0 Å².